The maximum Gasteiger partial charge on any atom is 0.258 e. The zero-order valence-corrected chi connectivity index (χ0v) is 23.7. The Morgan fingerprint density at radius 3 is 0.732 bits per heavy atom. The van der Waals surface area contributed by atoms with Gasteiger partial charge in [-0.1, -0.05) is 35.3 Å². The van der Waals surface area contributed by atoms with Gasteiger partial charge in [-0.3, -0.25) is 19.2 Å². The summed E-state index contributed by atoms with van der Waals surface area (Å²) in [4.78, 5) is 56.2. The third-order valence-electron chi connectivity index (χ3n) is 6.16. The van der Waals surface area contributed by atoms with Crippen molar-refractivity contribution in [2.75, 3.05) is 9.80 Å². The topological polar surface area (TPSA) is 74.8 Å². The molecule has 0 bridgehead atoms. The van der Waals surface area contributed by atoms with Crippen molar-refractivity contribution in [1.29, 1.82) is 0 Å². The van der Waals surface area contributed by atoms with Crippen molar-refractivity contribution in [1.82, 2.24) is 0 Å². The number of benzene rings is 4. The maximum atomic E-state index is 11.9. The van der Waals surface area contributed by atoms with Gasteiger partial charge in [0.25, 0.3) is 23.6 Å². The highest BCUT2D eigenvalue weighted by molar-refractivity contribution is 8.00. The largest absolute Gasteiger partial charge is 0.269 e. The van der Waals surface area contributed by atoms with Gasteiger partial charge in [-0.05, 0) is 97.1 Å². The Hall–Kier alpha value is -4.31. The fraction of sp³-hybridized carbons (Fsp3) is 0. The van der Waals surface area contributed by atoms with Crippen LogP contribution in [0.3, 0.4) is 0 Å². The van der Waals surface area contributed by atoms with E-state index in [9.17, 15) is 19.2 Å². The van der Waals surface area contributed by atoms with Crippen LogP contribution in [-0.2, 0) is 19.2 Å². The van der Waals surface area contributed by atoms with Gasteiger partial charge in [0.15, 0.2) is 0 Å². The summed E-state index contributed by atoms with van der Waals surface area (Å²) in [6, 6.07) is 31.4. The molecular weight excluding hydrogens is 573 g/mol. The van der Waals surface area contributed by atoms with E-state index >= 15 is 0 Å². The molecule has 41 heavy (non-hydrogen) atoms. The molecule has 2 aliphatic rings. The third-order valence-corrected chi connectivity index (χ3v) is 9.21. The van der Waals surface area contributed by atoms with Gasteiger partial charge in [0.2, 0.25) is 0 Å². The number of amides is 4. The molecule has 0 N–H and O–H groups in total. The zero-order chi connectivity index (χ0) is 28.3. The molecule has 0 fully saturated rings. The Morgan fingerprint density at radius 2 is 0.512 bits per heavy atom. The molecule has 0 spiro atoms. The molecule has 0 radical (unpaired) electrons. The lowest BCUT2D eigenvalue weighted by atomic mass is 10.3. The van der Waals surface area contributed by atoms with Crippen molar-refractivity contribution in [2.45, 2.75) is 29.4 Å². The molecule has 200 valence electrons. The standard InChI is InChI=1S/C32H20N2O4S3/c35-29-17-18-30(36)33(29)21-1-5-23(6-2-21)39-25-9-13-27(14-10-25)41-28-15-11-26(12-16-28)40-24-7-3-22(4-8-24)34-31(37)19-20-32(34)38/h1-20H. The zero-order valence-electron chi connectivity index (χ0n) is 21.3. The lowest BCUT2D eigenvalue weighted by Gasteiger charge is -2.14. The van der Waals surface area contributed by atoms with E-state index in [4.69, 9.17) is 0 Å². The van der Waals surface area contributed by atoms with E-state index in [1.807, 2.05) is 24.3 Å². The number of carbonyl (C=O) groups excluding carboxylic acids is 4. The lowest BCUT2D eigenvalue weighted by molar-refractivity contribution is -0.121. The number of imide groups is 2. The number of anilines is 2. The molecule has 2 heterocycles. The highest BCUT2D eigenvalue weighted by Gasteiger charge is 2.25. The minimum Gasteiger partial charge on any atom is -0.269 e. The number of carbonyl (C=O) groups is 4. The summed E-state index contributed by atoms with van der Waals surface area (Å²) in [6.45, 7) is 0. The summed E-state index contributed by atoms with van der Waals surface area (Å²) in [5, 5.41) is 0. The van der Waals surface area contributed by atoms with Crippen molar-refractivity contribution >= 4 is 70.3 Å². The van der Waals surface area contributed by atoms with Gasteiger partial charge >= 0.3 is 0 Å². The van der Waals surface area contributed by atoms with Crippen LogP contribution in [0.4, 0.5) is 11.4 Å². The Morgan fingerprint density at radius 1 is 0.317 bits per heavy atom. The van der Waals surface area contributed by atoms with Crippen molar-refractivity contribution in [3.63, 3.8) is 0 Å². The fourth-order valence-electron chi connectivity index (χ4n) is 4.20. The van der Waals surface area contributed by atoms with Crippen molar-refractivity contribution in [2.24, 2.45) is 0 Å². The molecule has 4 aromatic carbocycles. The fourth-order valence-corrected chi connectivity index (χ4v) is 6.65. The maximum absolute atomic E-state index is 11.9. The minimum absolute atomic E-state index is 0.322. The lowest BCUT2D eigenvalue weighted by Crippen LogP contribution is -2.29. The second-order valence-electron chi connectivity index (χ2n) is 8.93. The van der Waals surface area contributed by atoms with Gasteiger partial charge < -0.3 is 0 Å². The highest BCUT2D eigenvalue weighted by atomic mass is 32.2. The molecule has 4 aromatic rings. The van der Waals surface area contributed by atoms with Crippen LogP contribution in [0, 0.1) is 0 Å². The number of hydrogen-bond acceptors (Lipinski definition) is 7. The number of hydrogen-bond donors (Lipinski definition) is 0. The molecular formula is C32H20N2O4S3. The molecule has 0 saturated carbocycles. The smallest absolute Gasteiger partial charge is 0.258 e. The van der Waals surface area contributed by atoms with Crippen LogP contribution in [-0.4, -0.2) is 23.6 Å². The summed E-state index contributed by atoms with van der Waals surface area (Å²) in [5.74, 6) is -1.29. The number of rotatable bonds is 8. The molecule has 0 aliphatic carbocycles. The van der Waals surface area contributed by atoms with E-state index < -0.39 is 0 Å². The van der Waals surface area contributed by atoms with E-state index in [2.05, 4.69) is 48.5 Å². The first-order valence-electron chi connectivity index (χ1n) is 12.5. The molecule has 0 unspecified atom stereocenters. The summed E-state index contributed by atoms with van der Waals surface area (Å²) < 4.78 is 0. The van der Waals surface area contributed by atoms with Crippen LogP contribution in [0.5, 0.6) is 0 Å². The Labute approximate surface area is 249 Å². The van der Waals surface area contributed by atoms with Crippen molar-refractivity contribution in [3.05, 3.63) is 121 Å². The van der Waals surface area contributed by atoms with Crippen LogP contribution in [0.25, 0.3) is 0 Å². The van der Waals surface area contributed by atoms with E-state index in [0.29, 0.717) is 11.4 Å². The quantitative estimate of drug-likeness (QED) is 0.204. The van der Waals surface area contributed by atoms with Crippen LogP contribution in [0.15, 0.2) is 151 Å². The summed E-state index contributed by atoms with van der Waals surface area (Å²) in [7, 11) is 0. The van der Waals surface area contributed by atoms with Crippen molar-refractivity contribution in [3.8, 4) is 0 Å². The summed E-state index contributed by atoms with van der Waals surface area (Å²) >= 11 is 4.90. The Kier molecular flexibility index (Phi) is 7.65. The third kappa shape index (κ3) is 6.07. The first-order chi connectivity index (χ1) is 19.9. The van der Waals surface area contributed by atoms with Crippen molar-refractivity contribution < 1.29 is 19.2 Å². The first kappa shape index (κ1) is 26.9. The second kappa shape index (κ2) is 11.7. The van der Waals surface area contributed by atoms with Gasteiger partial charge in [0.1, 0.15) is 0 Å². The van der Waals surface area contributed by atoms with E-state index in [1.54, 1.807) is 59.6 Å². The molecule has 0 saturated heterocycles. The van der Waals surface area contributed by atoms with Gasteiger partial charge in [0, 0.05) is 53.7 Å². The van der Waals surface area contributed by atoms with Crippen LogP contribution >= 0.6 is 35.3 Å². The van der Waals surface area contributed by atoms with Gasteiger partial charge in [-0.25, -0.2) is 9.80 Å². The molecule has 4 amide bonds. The number of nitrogens with zero attached hydrogens (tertiary/aromatic N) is 2. The average Bonchev–Trinajstić information content (AvgIpc) is 3.50. The van der Waals surface area contributed by atoms with Crippen LogP contribution < -0.4 is 9.80 Å². The predicted molar refractivity (Wildman–Crippen MR) is 161 cm³/mol. The van der Waals surface area contributed by atoms with E-state index in [-0.39, 0.29) is 23.6 Å². The Balaban J connectivity index is 1.03. The summed E-state index contributed by atoms with van der Waals surface area (Å²) in [5.41, 5.74) is 1.13. The monoisotopic (exact) mass is 592 g/mol. The minimum atomic E-state index is -0.322. The van der Waals surface area contributed by atoms with Gasteiger partial charge in [-0.2, -0.15) is 0 Å². The van der Waals surface area contributed by atoms with E-state index in [0.717, 1.165) is 39.2 Å². The van der Waals surface area contributed by atoms with Gasteiger partial charge in [0.05, 0.1) is 11.4 Å². The molecule has 0 aromatic heterocycles. The van der Waals surface area contributed by atoms with E-state index in [1.165, 1.54) is 24.3 Å². The average molecular weight is 593 g/mol. The molecule has 6 rings (SSSR count). The molecule has 2 aliphatic heterocycles. The highest BCUT2D eigenvalue weighted by Crippen LogP contribution is 2.35. The van der Waals surface area contributed by atoms with Crippen LogP contribution in [0.2, 0.25) is 0 Å². The van der Waals surface area contributed by atoms with Crippen LogP contribution in [0.1, 0.15) is 0 Å². The van der Waals surface area contributed by atoms with Gasteiger partial charge in [-0.15, -0.1) is 0 Å². The summed E-state index contributed by atoms with van der Waals surface area (Å²) in [6.07, 6.45) is 5.12. The molecule has 0 atom stereocenters. The normalized spacial score (nSPS) is 14.5. The second-order valence-corrected chi connectivity index (χ2v) is 12.4. The SMILES string of the molecule is O=C1C=CC(=O)N1c1ccc(Sc2ccc(Sc3ccc(Sc4ccc(N5C(=O)C=CC5=O)cc4)cc3)cc2)cc1. The molecule has 9 heteroatoms. The first-order valence-corrected chi connectivity index (χ1v) is 14.9. The Bertz CT molecular complexity index is 1550. The predicted octanol–water partition coefficient (Wildman–Crippen LogP) is 7.00. The molecule has 6 nitrogen and oxygen atoms in total.